The lowest BCUT2D eigenvalue weighted by atomic mass is 9.45. The van der Waals surface area contributed by atoms with Gasteiger partial charge in [-0.05, 0) is 50.3 Å². The number of ketones is 1. The summed E-state index contributed by atoms with van der Waals surface area (Å²) in [6, 6.07) is 0. The lowest BCUT2D eigenvalue weighted by Crippen LogP contribution is -2.62. The summed E-state index contributed by atoms with van der Waals surface area (Å²) in [5, 5.41) is 22.9. The topological polar surface area (TPSA) is 110 Å². The number of carbonyl (C=O) groups excluding carboxylic acids is 3. The number of rotatable bonds is 1. The van der Waals surface area contributed by atoms with E-state index in [4.69, 9.17) is 9.47 Å². The summed E-state index contributed by atoms with van der Waals surface area (Å²) in [6.45, 7) is 12.7. The fraction of sp³-hybridized carbons (Fsp3) is 0.625. The predicted molar refractivity (Wildman–Crippen MR) is 111 cm³/mol. The van der Waals surface area contributed by atoms with Crippen LogP contribution in [0.2, 0.25) is 0 Å². The summed E-state index contributed by atoms with van der Waals surface area (Å²) in [6.07, 6.45) is 2.13. The maximum Gasteiger partial charge on any atom is 0.332 e. The molecule has 2 saturated carbocycles. The van der Waals surface area contributed by atoms with Crippen LogP contribution >= 0.6 is 0 Å². The molecule has 7 nitrogen and oxygen atoms in total. The van der Waals surface area contributed by atoms with E-state index in [0.29, 0.717) is 16.7 Å². The molecule has 7 heteroatoms. The number of fused-ring (bicyclic) bond motifs is 5. The third-order valence-electron chi connectivity index (χ3n) is 8.62. The van der Waals surface area contributed by atoms with E-state index in [1.165, 1.54) is 13.2 Å². The minimum atomic E-state index is -1.82. The Morgan fingerprint density at radius 3 is 2.39 bits per heavy atom. The van der Waals surface area contributed by atoms with Gasteiger partial charge in [-0.3, -0.25) is 9.59 Å². The number of methoxy groups -OCH3 is 1. The van der Waals surface area contributed by atoms with Gasteiger partial charge in [0.15, 0.2) is 11.2 Å². The van der Waals surface area contributed by atoms with Gasteiger partial charge in [0.2, 0.25) is 0 Å². The number of esters is 2. The molecule has 31 heavy (non-hydrogen) atoms. The quantitative estimate of drug-likeness (QED) is 0.372. The average molecular weight is 430 g/mol. The van der Waals surface area contributed by atoms with Gasteiger partial charge in [-0.15, -0.1) is 0 Å². The van der Waals surface area contributed by atoms with E-state index in [2.05, 4.69) is 6.58 Å². The molecule has 1 heterocycles. The van der Waals surface area contributed by atoms with E-state index in [-0.39, 0.29) is 12.8 Å². The molecule has 3 aliphatic carbocycles. The first-order chi connectivity index (χ1) is 14.1. The Labute approximate surface area is 181 Å². The summed E-state index contributed by atoms with van der Waals surface area (Å²) >= 11 is 0. The van der Waals surface area contributed by atoms with E-state index in [9.17, 15) is 24.6 Å². The number of hydrogen-bond acceptors (Lipinski definition) is 7. The van der Waals surface area contributed by atoms with Crippen LogP contribution in [0, 0.1) is 22.2 Å². The molecule has 0 aromatic rings. The highest BCUT2D eigenvalue weighted by atomic mass is 16.6. The zero-order valence-electron chi connectivity index (χ0n) is 18.9. The molecular formula is C24H30O7. The largest absolute Gasteiger partial charge is 0.468 e. The Morgan fingerprint density at radius 1 is 1.19 bits per heavy atom. The van der Waals surface area contributed by atoms with Gasteiger partial charge in [0, 0.05) is 22.8 Å². The number of carbonyl (C=O) groups is 3. The van der Waals surface area contributed by atoms with E-state index in [1.54, 1.807) is 34.6 Å². The molecule has 4 aliphatic rings. The highest BCUT2D eigenvalue weighted by molar-refractivity contribution is 6.13. The smallest absolute Gasteiger partial charge is 0.332 e. The number of aliphatic hydroxyl groups excluding tert-OH is 1. The van der Waals surface area contributed by atoms with Crippen molar-refractivity contribution in [1.29, 1.82) is 0 Å². The summed E-state index contributed by atoms with van der Waals surface area (Å²) in [4.78, 5) is 39.2. The predicted octanol–water partition coefficient (Wildman–Crippen LogP) is 2.02. The van der Waals surface area contributed by atoms with Crippen LogP contribution in [-0.4, -0.2) is 52.4 Å². The Kier molecular flexibility index (Phi) is 4.22. The van der Waals surface area contributed by atoms with Crippen molar-refractivity contribution in [1.82, 2.24) is 0 Å². The molecule has 0 aromatic carbocycles. The van der Waals surface area contributed by atoms with Gasteiger partial charge in [-0.25, -0.2) is 4.79 Å². The fourth-order valence-electron chi connectivity index (χ4n) is 6.86. The molecule has 1 aliphatic heterocycles. The molecule has 4 rings (SSSR count). The second-order valence-electron chi connectivity index (χ2n) is 10.5. The number of allylic oxidation sites excluding steroid dienone is 1. The molecule has 2 fully saturated rings. The normalized spacial score (nSPS) is 45.6. The van der Waals surface area contributed by atoms with E-state index in [1.807, 2.05) is 6.08 Å². The van der Waals surface area contributed by atoms with Crippen molar-refractivity contribution >= 4 is 17.7 Å². The first-order valence-corrected chi connectivity index (χ1v) is 10.5. The highest BCUT2D eigenvalue weighted by Crippen LogP contribution is 2.73. The lowest BCUT2D eigenvalue weighted by molar-refractivity contribution is -0.174. The van der Waals surface area contributed by atoms with Crippen LogP contribution < -0.4 is 0 Å². The van der Waals surface area contributed by atoms with Crippen molar-refractivity contribution in [2.24, 2.45) is 22.2 Å². The van der Waals surface area contributed by atoms with E-state index >= 15 is 0 Å². The molecular weight excluding hydrogens is 400 g/mol. The minimum Gasteiger partial charge on any atom is -0.468 e. The SMILES string of the molecule is C=C1[C@@]2(C(=O)OC)C(=O)[C@H](O)[C@]1(C)C[C@H]1[C@@](C)(O)C3=CC(=O)OC(C)(C)C3=CC[C@@]12C. The number of ether oxygens (including phenoxy) is 2. The third kappa shape index (κ3) is 2.23. The summed E-state index contributed by atoms with van der Waals surface area (Å²) in [7, 11) is 1.21. The molecule has 0 amide bonds. The molecule has 0 unspecified atom stereocenters. The standard InChI is InChI=1S/C24H30O7/c1-12-21(4)11-15-22(5,24(12,19(28)30-7)18(27)17(21)26)9-8-13-14(23(15,6)29)10-16(25)31-20(13,2)3/h8,10,15,17,26,29H,1,9,11H2,2-7H3/t15-,17+,21-,22+,23+,24+/m1/s1. The molecule has 0 saturated heterocycles. The molecule has 2 bridgehead atoms. The molecule has 0 radical (unpaired) electrons. The minimum absolute atomic E-state index is 0.217. The van der Waals surface area contributed by atoms with Crippen molar-refractivity contribution in [3.8, 4) is 0 Å². The van der Waals surface area contributed by atoms with Crippen LogP contribution in [0.4, 0.5) is 0 Å². The van der Waals surface area contributed by atoms with Crippen LogP contribution in [0.3, 0.4) is 0 Å². The second kappa shape index (κ2) is 5.95. The van der Waals surface area contributed by atoms with Gasteiger partial charge in [0.05, 0.1) is 12.7 Å². The Hall–Kier alpha value is -2.25. The molecule has 2 N–H and O–H groups in total. The van der Waals surface area contributed by atoms with Crippen molar-refractivity contribution in [2.75, 3.05) is 7.11 Å². The Balaban J connectivity index is 2.07. The molecule has 168 valence electrons. The average Bonchev–Trinajstić information content (AvgIpc) is 2.73. The lowest BCUT2D eigenvalue weighted by Gasteiger charge is -2.57. The van der Waals surface area contributed by atoms with Gasteiger partial charge in [-0.2, -0.15) is 0 Å². The van der Waals surface area contributed by atoms with E-state index < -0.39 is 57.2 Å². The fourth-order valence-corrected chi connectivity index (χ4v) is 6.86. The molecule has 0 aromatic heterocycles. The number of aliphatic hydroxyl groups is 2. The molecule has 0 spiro atoms. The monoisotopic (exact) mass is 430 g/mol. The Bertz CT molecular complexity index is 999. The van der Waals surface area contributed by atoms with Crippen LogP contribution in [0.15, 0.2) is 35.5 Å². The van der Waals surface area contributed by atoms with Crippen LogP contribution in [0.5, 0.6) is 0 Å². The van der Waals surface area contributed by atoms with Crippen molar-refractivity contribution in [2.45, 2.75) is 64.8 Å². The molecule has 6 atom stereocenters. The van der Waals surface area contributed by atoms with Gasteiger partial charge in [-0.1, -0.05) is 26.5 Å². The number of cyclic esters (lactones) is 1. The third-order valence-corrected chi connectivity index (χ3v) is 8.62. The van der Waals surface area contributed by atoms with E-state index in [0.717, 1.165) is 0 Å². The van der Waals surface area contributed by atoms with Crippen LogP contribution in [-0.2, 0) is 23.9 Å². The number of hydrogen-bond donors (Lipinski definition) is 2. The van der Waals surface area contributed by atoms with Gasteiger partial charge in [0.1, 0.15) is 11.7 Å². The summed E-state index contributed by atoms with van der Waals surface area (Å²) < 4.78 is 10.6. The van der Waals surface area contributed by atoms with Gasteiger partial charge >= 0.3 is 11.9 Å². The second-order valence-corrected chi connectivity index (χ2v) is 10.5. The van der Waals surface area contributed by atoms with Gasteiger partial charge < -0.3 is 19.7 Å². The van der Waals surface area contributed by atoms with Gasteiger partial charge in [0.25, 0.3) is 0 Å². The summed E-state index contributed by atoms with van der Waals surface area (Å²) in [5.41, 5.74) is -5.27. The maximum absolute atomic E-state index is 13.6. The van der Waals surface area contributed by atoms with Crippen molar-refractivity contribution < 1.29 is 34.1 Å². The van der Waals surface area contributed by atoms with Crippen molar-refractivity contribution in [3.63, 3.8) is 0 Å². The van der Waals surface area contributed by atoms with Crippen LogP contribution in [0.1, 0.15) is 47.5 Å². The zero-order chi connectivity index (χ0) is 23.4. The van der Waals surface area contributed by atoms with Crippen molar-refractivity contribution in [3.05, 3.63) is 35.5 Å². The van der Waals surface area contributed by atoms with Crippen LogP contribution in [0.25, 0.3) is 0 Å². The number of Topliss-reactive ketones (excluding diaryl/α,β-unsaturated/α-hetero) is 1. The first-order valence-electron chi connectivity index (χ1n) is 10.5. The highest BCUT2D eigenvalue weighted by Gasteiger charge is 2.79. The Morgan fingerprint density at radius 2 is 1.81 bits per heavy atom. The zero-order valence-corrected chi connectivity index (χ0v) is 18.9. The first kappa shape index (κ1) is 22.0. The summed E-state index contributed by atoms with van der Waals surface area (Å²) in [5.74, 6) is -2.64. The maximum atomic E-state index is 13.6.